The van der Waals surface area contributed by atoms with Gasteiger partial charge >= 0.3 is 0 Å². The molecule has 0 heterocycles. The van der Waals surface area contributed by atoms with Crippen molar-refractivity contribution in [3.63, 3.8) is 0 Å². The molecule has 0 radical (unpaired) electrons. The van der Waals surface area contributed by atoms with Crippen LogP contribution in [0.1, 0.15) is 65.2 Å². The average molecular weight is 227 g/mol. The topological polar surface area (TPSA) is 32.3 Å². The van der Waals surface area contributed by atoms with Crippen molar-refractivity contribution in [1.82, 2.24) is 5.32 Å². The second kappa shape index (κ2) is 7.29. The number of hydrogen-bond acceptors (Lipinski definition) is 2. The molecule has 1 saturated carbocycles. The third-order valence-corrected chi connectivity index (χ3v) is 3.96. The van der Waals surface area contributed by atoms with Crippen molar-refractivity contribution >= 4 is 0 Å². The maximum Gasteiger partial charge on any atom is 0.0771 e. The lowest BCUT2D eigenvalue weighted by molar-refractivity contribution is 0.0467. The largest absolute Gasteiger partial charge is 0.389 e. The van der Waals surface area contributed by atoms with Crippen molar-refractivity contribution in [1.29, 1.82) is 0 Å². The molecule has 0 amide bonds. The molecule has 16 heavy (non-hydrogen) atoms. The van der Waals surface area contributed by atoms with E-state index in [4.69, 9.17) is 0 Å². The third-order valence-electron chi connectivity index (χ3n) is 3.96. The summed E-state index contributed by atoms with van der Waals surface area (Å²) in [5.41, 5.74) is -0.386. The summed E-state index contributed by atoms with van der Waals surface area (Å²) in [6.45, 7) is 6.40. The van der Waals surface area contributed by atoms with Gasteiger partial charge in [0, 0.05) is 6.54 Å². The van der Waals surface area contributed by atoms with Gasteiger partial charge in [0.05, 0.1) is 5.60 Å². The highest BCUT2D eigenvalue weighted by Gasteiger charge is 2.30. The van der Waals surface area contributed by atoms with Gasteiger partial charge in [-0.05, 0) is 31.7 Å². The predicted octanol–water partition coefficient (Wildman–Crippen LogP) is 3.10. The van der Waals surface area contributed by atoms with Crippen LogP contribution in [0.4, 0.5) is 0 Å². The molecule has 0 aromatic heterocycles. The molecule has 1 aliphatic carbocycles. The first-order valence-electron chi connectivity index (χ1n) is 7.13. The van der Waals surface area contributed by atoms with E-state index in [2.05, 4.69) is 19.2 Å². The first-order valence-corrected chi connectivity index (χ1v) is 7.13. The SMILES string of the molecule is CCCCC(CC)CNCC1(O)CCCC1. The summed E-state index contributed by atoms with van der Waals surface area (Å²) < 4.78 is 0. The van der Waals surface area contributed by atoms with Gasteiger partial charge in [-0.15, -0.1) is 0 Å². The molecule has 1 rings (SSSR count). The van der Waals surface area contributed by atoms with Crippen LogP contribution in [0.3, 0.4) is 0 Å². The molecule has 0 saturated heterocycles. The fourth-order valence-electron chi connectivity index (χ4n) is 2.66. The molecular formula is C14H29NO. The molecule has 1 atom stereocenters. The Morgan fingerprint density at radius 3 is 2.50 bits per heavy atom. The van der Waals surface area contributed by atoms with Crippen molar-refractivity contribution in [2.75, 3.05) is 13.1 Å². The van der Waals surface area contributed by atoms with Crippen LogP contribution >= 0.6 is 0 Å². The van der Waals surface area contributed by atoms with Crippen LogP contribution in [0, 0.1) is 5.92 Å². The molecular weight excluding hydrogens is 198 g/mol. The van der Waals surface area contributed by atoms with Crippen LogP contribution in [0.25, 0.3) is 0 Å². The van der Waals surface area contributed by atoms with Crippen molar-refractivity contribution in [3.8, 4) is 0 Å². The number of unbranched alkanes of at least 4 members (excludes halogenated alkanes) is 1. The van der Waals surface area contributed by atoms with E-state index in [0.717, 1.165) is 31.8 Å². The molecule has 0 aromatic carbocycles. The molecule has 1 unspecified atom stereocenters. The average Bonchev–Trinajstić information content (AvgIpc) is 2.70. The first kappa shape index (κ1) is 14.0. The molecule has 0 aliphatic heterocycles. The Labute approximate surface area is 101 Å². The summed E-state index contributed by atoms with van der Waals surface area (Å²) in [5.74, 6) is 0.796. The van der Waals surface area contributed by atoms with Crippen LogP contribution in [0.5, 0.6) is 0 Å². The normalized spacial score (nSPS) is 21.2. The zero-order chi connectivity index (χ0) is 11.9. The number of nitrogens with one attached hydrogen (secondary N) is 1. The second-order valence-corrected chi connectivity index (χ2v) is 5.48. The minimum Gasteiger partial charge on any atom is -0.389 e. The summed E-state index contributed by atoms with van der Waals surface area (Å²) in [5, 5.41) is 13.7. The molecule has 0 aromatic rings. The highest BCUT2D eigenvalue weighted by molar-refractivity contribution is 4.86. The quantitative estimate of drug-likeness (QED) is 0.668. The van der Waals surface area contributed by atoms with Gasteiger partial charge in [0.25, 0.3) is 0 Å². The van der Waals surface area contributed by atoms with Crippen molar-refractivity contribution < 1.29 is 5.11 Å². The van der Waals surface area contributed by atoms with Gasteiger partial charge in [-0.3, -0.25) is 0 Å². The van der Waals surface area contributed by atoms with Crippen LogP contribution in [-0.2, 0) is 0 Å². The van der Waals surface area contributed by atoms with Gasteiger partial charge in [0.15, 0.2) is 0 Å². The third kappa shape index (κ3) is 4.84. The fourth-order valence-corrected chi connectivity index (χ4v) is 2.66. The molecule has 2 N–H and O–H groups in total. The van der Waals surface area contributed by atoms with Crippen molar-refractivity contribution in [2.45, 2.75) is 70.8 Å². The van der Waals surface area contributed by atoms with E-state index >= 15 is 0 Å². The summed E-state index contributed by atoms with van der Waals surface area (Å²) in [7, 11) is 0. The van der Waals surface area contributed by atoms with Gasteiger partial charge in [0.1, 0.15) is 0 Å². The minimum atomic E-state index is -0.386. The van der Waals surface area contributed by atoms with Crippen LogP contribution < -0.4 is 5.32 Å². The molecule has 96 valence electrons. The number of aliphatic hydroxyl groups is 1. The standard InChI is InChI=1S/C14H29NO/c1-3-5-8-13(4-2)11-15-12-14(16)9-6-7-10-14/h13,15-16H,3-12H2,1-2H3. The van der Waals surface area contributed by atoms with Gasteiger partial charge in [-0.25, -0.2) is 0 Å². The summed E-state index contributed by atoms with van der Waals surface area (Å²) >= 11 is 0. The summed E-state index contributed by atoms with van der Waals surface area (Å²) in [6, 6.07) is 0. The number of hydrogen-bond donors (Lipinski definition) is 2. The second-order valence-electron chi connectivity index (χ2n) is 5.48. The minimum absolute atomic E-state index is 0.386. The lowest BCUT2D eigenvalue weighted by Gasteiger charge is -2.24. The molecule has 0 bridgehead atoms. The van der Waals surface area contributed by atoms with Gasteiger partial charge in [-0.1, -0.05) is 46.0 Å². The van der Waals surface area contributed by atoms with Gasteiger partial charge in [-0.2, -0.15) is 0 Å². The Morgan fingerprint density at radius 1 is 1.25 bits per heavy atom. The van der Waals surface area contributed by atoms with Gasteiger partial charge in [0.2, 0.25) is 0 Å². The van der Waals surface area contributed by atoms with Crippen molar-refractivity contribution in [2.24, 2.45) is 5.92 Å². The Hall–Kier alpha value is -0.0800. The molecule has 1 aliphatic rings. The molecule has 2 nitrogen and oxygen atoms in total. The van der Waals surface area contributed by atoms with Crippen molar-refractivity contribution in [3.05, 3.63) is 0 Å². The van der Waals surface area contributed by atoms with E-state index in [9.17, 15) is 5.11 Å². The smallest absolute Gasteiger partial charge is 0.0771 e. The lowest BCUT2D eigenvalue weighted by Crippen LogP contribution is -2.39. The van der Waals surface area contributed by atoms with Crippen LogP contribution in [-0.4, -0.2) is 23.8 Å². The van der Waals surface area contributed by atoms with E-state index in [1.54, 1.807) is 0 Å². The van der Waals surface area contributed by atoms with E-state index in [1.807, 2.05) is 0 Å². The van der Waals surface area contributed by atoms with E-state index in [1.165, 1.54) is 38.5 Å². The highest BCUT2D eigenvalue weighted by atomic mass is 16.3. The maximum atomic E-state index is 10.2. The Morgan fingerprint density at radius 2 is 1.94 bits per heavy atom. The summed E-state index contributed by atoms with van der Waals surface area (Å²) in [4.78, 5) is 0. The van der Waals surface area contributed by atoms with E-state index < -0.39 is 0 Å². The fraction of sp³-hybridized carbons (Fsp3) is 1.00. The highest BCUT2D eigenvalue weighted by Crippen LogP contribution is 2.28. The lowest BCUT2D eigenvalue weighted by atomic mass is 9.98. The Kier molecular flexibility index (Phi) is 6.37. The molecule has 1 fully saturated rings. The molecule has 2 heteroatoms. The zero-order valence-corrected chi connectivity index (χ0v) is 11.1. The number of rotatable bonds is 8. The Bertz CT molecular complexity index is 176. The van der Waals surface area contributed by atoms with E-state index in [-0.39, 0.29) is 5.60 Å². The predicted molar refractivity (Wildman–Crippen MR) is 69.6 cm³/mol. The van der Waals surface area contributed by atoms with Gasteiger partial charge < -0.3 is 10.4 Å². The Balaban J connectivity index is 2.12. The zero-order valence-electron chi connectivity index (χ0n) is 11.1. The first-order chi connectivity index (χ1) is 7.70. The summed E-state index contributed by atoms with van der Waals surface area (Å²) in [6.07, 6.45) is 9.60. The monoisotopic (exact) mass is 227 g/mol. The maximum absolute atomic E-state index is 10.2. The van der Waals surface area contributed by atoms with E-state index in [0.29, 0.717) is 0 Å². The van der Waals surface area contributed by atoms with Crippen LogP contribution in [0.15, 0.2) is 0 Å². The molecule has 0 spiro atoms. The van der Waals surface area contributed by atoms with Crippen LogP contribution in [0.2, 0.25) is 0 Å².